The van der Waals surface area contributed by atoms with E-state index >= 15 is 0 Å². The number of carboxylic acid groups (broad SMARTS) is 1. The molecule has 0 unspecified atom stereocenters. The smallest absolute Gasteiger partial charge is 0.404 e. The summed E-state index contributed by atoms with van der Waals surface area (Å²) in [5.41, 5.74) is 1.26. The Labute approximate surface area is 207 Å². The standard InChI is InChI=1S/C25H21BrF2N4O3/c1-13(2)21-6-4-18(11-29-21)32-23(31-22-9-15(26)3-5-19(22)24(32)33)20(12-30-25(34)35)14-7-16(27)10-17(28)8-14/h3-11,13,20,30H,12H2,1-2H3,(H,34,35)/t20-/m0/s1. The molecule has 2 aromatic heterocycles. The molecule has 0 aliphatic carbocycles. The number of benzene rings is 2. The molecule has 0 saturated carbocycles. The van der Waals surface area contributed by atoms with Gasteiger partial charge < -0.3 is 10.4 Å². The van der Waals surface area contributed by atoms with Gasteiger partial charge in [0, 0.05) is 22.8 Å². The summed E-state index contributed by atoms with van der Waals surface area (Å²) in [4.78, 5) is 34.1. The minimum absolute atomic E-state index is 0.110. The molecule has 35 heavy (non-hydrogen) atoms. The molecule has 2 heterocycles. The number of nitrogens with one attached hydrogen (secondary N) is 1. The average Bonchev–Trinajstić information content (AvgIpc) is 2.78. The second-order valence-corrected chi connectivity index (χ2v) is 9.23. The zero-order valence-electron chi connectivity index (χ0n) is 18.8. The summed E-state index contributed by atoms with van der Waals surface area (Å²) < 4.78 is 30.3. The SMILES string of the molecule is CC(C)c1ccc(-n2c([C@@H](CNC(=O)O)c3cc(F)cc(F)c3)nc3cc(Br)ccc3c2=O)cn1. The normalized spacial score (nSPS) is 12.2. The van der Waals surface area contributed by atoms with Crippen molar-refractivity contribution in [1.82, 2.24) is 19.9 Å². The Kier molecular flexibility index (Phi) is 6.93. The van der Waals surface area contributed by atoms with Crippen LogP contribution in [0.1, 0.15) is 42.8 Å². The predicted octanol–water partition coefficient (Wildman–Crippen LogP) is 5.34. The van der Waals surface area contributed by atoms with Crippen molar-refractivity contribution >= 4 is 32.9 Å². The molecule has 0 saturated heterocycles. The van der Waals surface area contributed by atoms with E-state index in [1.807, 2.05) is 13.8 Å². The maximum atomic E-state index is 14.1. The Balaban J connectivity index is 2.03. The second kappa shape index (κ2) is 9.91. The fourth-order valence-corrected chi connectivity index (χ4v) is 4.20. The van der Waals surface area contributed by atoms with E-state index < -0.39 is 29.2 Å². The van der Waals surface area contributed by atoms with Gasteiger partial charge in [0.05, 0.1) is 28.7 Å². The molecule has 10 heteroatoms. The summed E-state index contributed by atoms with van der Waals surface area (Å²) in [5.74, 6) is -2.38. The van der Waals surface area contributed by atoms with E-state index in [4.69, 9.17) is 0 Å². The Morgan fingerprint density at radius 3 is 2.43 bits per heavy atom. The van der Waals surface area contributed by atoms with Crippen LogP contribution in [0.3, 0.4) is 0 Å². The van der Waals surface area contributed by atoms with Crippen molar-refractivity contribution in [2.75, 3.05) is 6.54 Å². The van der Waals surface area contributed by atoms with Gasteiger partial charge in [-0.3, -0.25) is 14.3 Å². The lowest BCUT2D eigenvalue weighted by Crippen LogP contribution is -2.32. The van der Waals surface area contributed by atoms with Crippen LogP contribution in [0.5, 0.6) is 0 Å². The molecule has 4 rings (SSSR count). The third-order valence-corrected chi connectivity index (χ3v) is 6.03. The van der Waals surface area contributed by atoms with Crippen LogP contribution in [0.2, 0.25) is 0 Å². The fraction of sp³-hybridized carbons (Fsp3) is 0.200. The number of hydrogen-bond donors (Lipinski definition) is 2. The van der Waals surface area contributed by atoms with Crippen molar-refractivity contribution in [3.8, 4) is 5.69 Å². The maximum absolute atomic E-state index is 14.1. The molecule has 0 aliphatic rings. The Hall–Kier alpha value is -3.66. The van der Waals surface area contributed by atoms with E-state index in [1.54, 1.807) is 30.3 Å². The van der Waals surface area contributed by atoms with Gasteiger partial charge in [-0.05, 0) is 53.9 Å². The van der Waals surface area contributed by atoms with Gasteiger partial charge in [-0.2, -0.15) is 0 Å². The van der Waals surface area contributed by atoms with Crippen LogP contribution >= 0.6 is 15.9 Å². The first-order valence-corrected chi connectivity index (χ1v) is 11.5. The van der Waals surface area contributed by atoms with Crippen molar-refractivity contribution in [1.29, 1.82) is 0 Å². The molecule has 1 atom stereocenters. The summed E-state index contributed by atoms with van der Waals surface area (Å²) in [6.07, 6.45) is 0.202. The number of amides is 1. The first kappa shape index (κ1) is 24.5. The maximum Gasteiger partial charge on any atom is 0.404 e. The molecule has 4 aromatic rings. The highest BCUT2D eigenvalue weighted by Crippen LogP contribution is 2.28. The highest BCUT2D eigenvalue weighted by Gasteiger charge is 2.25. The summed E-state index contributed by atoms with van der Waals surface area (Å²) >= 11 is 3.37. The van der Waals surface area contributed by atoms with Gasteiger partial charge in [0.1, 0.15) is 17.5 Å². The van der Waals surface area contributed by atoms with Crippen LogP contribution in [-0.4, -0.2) is 32.3 Å². The van der Waals surface area contributed by atoms with Crippen molar-refractivity contribution in [3.63, 3.8) is 0 Å². The number of fused-ring (bicyclic) bond motifs is 1. The van der Waals surface area contributed by atoms with Crippen LogP contribution in [0, 0.1) is 11.6 Å². The van der Waals surface area contributed by atoms with E-state index in [2.05, 4.69) is 31.2 Å². The summed E-state index contributed by atoms with van der Waals surface area (Å²) in [7, 11) is 0. The molecule has 180 valence electrons. The molecule has 0 aliphatic heterocycles. The number of halogens is 3. The molecule has 2 aromatic carbocycles. The minimum atomic E-state index is -1.33. The Bertz CT molecular complexity index is 1450. The van der Waals surface area contributed by atoms with E-state index in [-0.39, 0.29) is 23.9 Å². The Morgan fingerprint density at radius 2 is 1.83 bits per heavy atom. The minimum Gasteiger partial charge on any atom is -0.465 e. The molecule has 0 bridgehead atoms. The van der Waals surface area contributed by atoms with E-state index in [9.17, 15) is 23.5 Å². The largest absolute Gasteiger partial charge is 0.465 e. The van der Waals surface area contributed by atoms with Crippen LogP contribution < -0.4 is 10.9 Å². The van der Waals surface area contributed by atoms with Gasteiger partial charge in [0.15, 0.2) is 0 Å². The highest BCUT2D eigenvalue weighted by atomic mass is 79.9. The zero-order chi connectivity index (χ0) is 25.3. The monoisotopic (exact) mass is 542 g/mol. The van der Waals surface area contributed by atoms with E-state index in [1.165, 1.54) is 10.8 Å². The van der Waals surface area contributed by atoms with Crippen molar-refractivity contribution in [3.05, 3.63) is 98.3 Å². The molecule has 0 radical (unpaired) electrons. The molecular weight excluding hydrogens is 522 g/mol. The van der Waals surface area contributed by atoms with Gasteiger partial charge in [-0.25, -0.2) is 18.6 Å². The molecule has 0 fully saturated rings. The molecular formula is C25H21BrF2N4O3. The van der Waals surface area contributed by atoms with Crippen LogP contribution in [0.25, 0.3) is 16.6 Å². The topological polar surface area (TPSA) is 97.1 Å². The van der Waals surface area contributed by atoms with Crippen molar-refractivity contribution in [2.45, 2.75) is 25.7 Å². The van der Waals surface area contributed by atoms with Gasteiger partial charge in [-0.15, -0.1) is 0 Å². The number of carbonyl (C=O) groups is 1. The second-order valence-electron chi connectivity index (χ2n) is 8.31. The number of rotatable bonds is 6. The van der Waals surface area contributed by atoms with Gasteiger partial charge in [0.25, 0.3) is 5.56 Å². The predicted molar refractivity (Wildman–Crippen MR) is 131 cm³/mol. The quantitative estimate of drug-likeness (QED) is 0.342. The zero-order valence-corrected chi connectivity index (χ0v) is 20.4. The molecule has 1 amide bonds. The number of hydrogen-bond acceptors (Lipinski definition) is 4. The van der Waals surface area contributed by atoms with Crippen LogP contribution in [-0.2, 0) is 0 Å². The first-order chi connectivity index (χ1) is 16.6. The molecule has 7 nitrogen and oxygen atoms in total. The van der Waals surface area contributed by atoms with Gasteiger partial charge >= 0.3 is 6.09 Å². The summed E-state index contributed by atoms with van der Waals surface area (Å²) in [5, 5.41) is 11.8. The lowest BCUT2D eigenvalue weighted by atomic mass is 9.96. The summed E-state index contributed by atoms with van der Waals surface area (Å²) in [6, 6.07) is 11.4. The van der Waals surface area contributed by atoms with Crippen molar-refractivity contribution < 1.29 is 18.7 Å². The fourth-order valence-electron chi connectivity index (χ4n) is 3.85. The summed E-state index contributed by atoms with van der Waals surface area (Å²) in [6.45, 7) is 3.70. The number of nitrogens with zero attached hydrogens (tertiary/aromatic N) is 3. The van der Waals surface area contributed by atoms with Crippen LogP contribution in [0.4, 0.5) is 13.6 Å². The lowest BCUT2D eigenvalue weighted by molar-refractivity contribution is 0.194. The van der Waals surface area contributed by atoms with E-state index in [0.29, 0.717) is 21.1 Å². The first-order valence-electron chi connectivity index (χ1n) is 10.8. The van der Waals surface area contributed by atoms with Crippen molar-refractivity contribution in [2.24, 2.45) is 0 Å². The highest BCUT2D eigenvalue weighted by molar-refractivity contribution is 9.10. The third-order valence-electron chi connectivity index (χ3n) is 5.53. The molecule has 0 spiro atoms. The number of pyridine rings is 1. The Morgan fingerprint density at radius 1 is 1.11 bits per heavy atom. The van der Waals surface area contributed by atoms with Gasteiger partial charge in [-0.1, -0.05) is 29.8 Å². The van der Waals surface area contributed by atoms with E-state index in [0.717, 1.165) is 23.9 Å². The van der Waals surface area contributed by atoms with Crippen LogP contribution in [0.15, 0.2) is 64.0 Å². The third kappa shape index (κ3) is 5.22. The number of aromatic nitrogens is 3. The average molecular weight is 543 g/mol. The molecule has 2 N–H and O–H groups in total. The lowest BCUT2D eigenvalue weighted by Gasteiger charge is -2.22. The van der Waals surface area contributed by atoms with Gasteiger partial charge in [0.2, 0.25) is 0 Å².